The lowest BCUT2D eigenvalue weighted by Crippen LogP contribution is -2.43. The Kier molecular flexibility index (Phi) is 4.81. The second-order valence-corrected chi connectivity index (χ2v) is 5.89. The molecular weight excluding hydrogens is 268 g/mol. The maximum Gasteiger partial charge on any atom is 0.307 e. The van der Waals surface area contributed by atoms with Gasteiger partial charge in [0.05, 0.1) is 20.2 Å². The first-order valence-electron chi connectivity index (χ1n) is 6.43. The van der Waals surface area contributed by atoms with E-state index in [0.717, 1.165) is 37.7 Å². The zero-order valence-corrected chi connectivity index (χ0v) is 11.8. The molecule has 0 bridgehead atoms. The molecule has 7 heteroatoms. The number of carbonyl (C=O) groups is 3. The van der Waals surface area contributed by atoms with Crippen LogP contribution in [0, 0.1) is 0 Å². The SMILES string of the molecule is COC(=O)CC1SC(=O)N(CN2CCCCC2)C1=O. The highest BCUT2D eigenvalue weighted by atomic mass is 32.2. The number of amides is 2. The Bertz CT molecular complexity index is 382. The molecule has 0 saturated carbocycles. The average molecular weight is 286 g/mol. The number of hydrogen-bond acceptors (Lipinski definition) is 6. The summed E-state index contributed by atoms with van der Waals surface area (Å²) in [4.78, 5) is 38.5. The summed E-state index contributed by atoms with van der Waals surface area (Å²) in [6, 6.07) is 0. The van der Waals surface area contributed by atoms with Crippen molar-refractivity contribution >= 4 is 28.9 Å². The normalized spacial score (nSPS) is 24.9. The van der Waals surface area contributed by atoms with Crippen LogP contribution in [0.3, 0.4) is 0 Å². The summed E-state index contributed by atoms with van der Waals surface area (Å²) in [5.74, 6) is -0.732. The quantitative estimate of drug-likeness (QED) is 0.720. The van der Waals surface area contributed by atoms with Crippen molar-refractivity contribution in [3.05, 3.63) is 0 Å². The van der Waals surface area contributed by atoms with Crippen molar-refractivity contribution in [2.45, 2.75) is 30.9 Å². The Morgan fingerprint density at radius 2 is 2.00 bits per heavy atom. The maximum absolute atomic E-state index is 12.1. The van der Waals surface area contributed by atoms with Gasteiger partial charge >= 0.3 is 5.97 Å². The minimum absolute atomic E-state index is 0.0394. The number of hydrogen-bond donors (Lipinski definition) is 0. The van der Waals surface area contributed by atoms with Crippen molar-refractivity contribution in [2.75, 3.05) is 26.9 Å². The number of rotatable bonds is 4. The van der Waals surface area contributed by atoms with Gasteiger partial charge in [-0.1, -0.05) is 18.2 Å². The van der Waals surface area contributed by atoms with Crippen LogP contribution < -0.4 is 0 Å². The van der Waals surface area contributed by atoms with E-state index < -0.39 is 11.2 Å². The number of piperidine rings is 1. The second-order valence-electron chi connectivity index (χ2n) is 4.74. The summed E-state index contributed by atoms with van der Waals surface area (Å²) in [6.45, 7) is 2.19. The highest BCUT2D eigenvalue weighted by molar-refractivity contribution is 8.15. The van der Waals surface area contributed by atoms with Gasteiger partial charge in [-0.15, -0.1) is 0 Å². The molecule has 0 aromatic carbocycles. The molecule has 0 aromatic heterocycles. The van der Waals surface area contributed by atoms with Gasteiger partial charge in [0.15, 0.2) is 0 Å². The molecule has 0 N–H and O–H groups in total. The third-order valence-electron chi connectivity index (χ3n) is 3.37. The van der Waals surface area contributed by atoms with Crippen LogP contribution in [0.4, 0.5) is 4.79 Å². The van der Waals surface area contributed by atoms with Gasteiger partial charge in [-0.25, -0.2) is 0 Å². The zero-order chi connectivity index (χ0) is 13.8. The van der Waals surface area contributed by atoms with Crippen LogP contribution in [-0.2, 0) is 14.3 Å². The summed E-state index contributed by atoms with van der Waals surface area (Å²) >= 11 is 0.924. The summed E-state index contributed by atoms with van der Waals surface area (Å²) in [7, 11) is 1.28. The molecule has 2 heterocycles. The monoisotopic (exact) mass is 286 g/mol. The fraction of sp³-hybridized carbons (Fsp3) is 0.750. The Labute approximate surface area is 116 Å². The van der Waals surface area contributed by atoms with Gasteiger partial charge in [0, 0.05) is 0 Å². The van der Waals surface area contributed by atoms with E-state index in [1.165, 1.54) is 18.4 Å². The van der Waals surface area contributed by atoms with Gasteiger partial charge in [0.2, 0.25) is 5.91 Å². The standard InChI is InChI=1S/C12H18N2O4S/c1-18-10(15)7-9-11(16)14(12(17)19-9)8-13-5-3-2-4-6-13/h9H,2-8H2,1H3. The third-order valence-corrected chi connectivity index (χ3v) is 4.45. The molecule has 2 aliphatic heterocycles. The van der Waals surface area contributed by atoms with Crippen molar-refractivity contribution in [1.82, 2.24) is 9.80 Å². The molecule has 106 valence electrons. The largest absolute Gasteiger partial charge is 0.469 e. The maximum atomic E-state index is 12.1. The lowest BCUT2D eigenvalue weighted by molar-refractivity contribution is -0.142. The molecule has 2 fully saturated rings. The molecule has 6 nitrogen and oxygen atoms in total. The van der Waals surface area contributed by atoms with Crippen LogP contribution in [0.25, 0.3) is 0 Å². The molecule has 0 aromatic rings. The summed E-state index contributed by atoms with van der Waals surface area (Å²) in [5.41, 5.74) is 0. The zero-order valence-electron chi connectivity index (χ0n) is 11.0. The van der Waals surface area contributed by atoms with Crippen molar-refractivity contribution < 1.29 is 19.1 Å². The summed E-state index contributed by atoms with van der Waals surface area (Å²) in [6.07, 6.45) is 3.38. The van der Waals surface area contributed by atoms with E-state index in [2.05, 4.69) is 9.64 Å². The molecule has 0 aliphatic carbocycles. The first kappa shape index (κ1) is 14.3. The molecule has 19 heavy (non-hydrogen) atoms. The van der Waals surface area contributed by atoms with E-state index in [-0.39, 0.29) is 17.6 Å². The third kappa shape index (κ3) is 3.48. The number of methoxy groups -OCH3 is 1. The van der Waals surface area contributed by atoms with Crippen molar-refractivity contribution in [3.63, 3.8) is 0 Å². The predicted octanol–water partition coefficient (Wildman–Crippen LogP) is 1.06. The molecule has 2 rings (SSSR count). The van der Waals surface area contributed by atoms with Crippen LogP contribution in [-0.4, -0.2) is 59.0 Å². The lowest BCUT2D eigenvalue weighted by Gasteiger charge is -2.29. The van der Waals surface area contributed by atoms with E-state index in [1.54, 1.807) is 0 Å². The van der Waals surface area contributed by atoms with Gasteiger partial charge in [-0.2, -0.15) is 0 Å². The molecule has 1 atom stereocenters. The number of imide groups is 1. The fourth-order valence-electron chi connectivity index (χ4n) is 2.29. The van der Waals surface area contributed by atoms with Crippen LogP contribution in [0.15, 0.2) is 0 Å². The van der Waals surface area contributed by atoms with Crippen molar-refractivity contribution in [1.29, 1.82) is 0 Å². The lowest BCUT2D eigenvalue weighted by atomic mass is 10.1. The first-order valence-corrected chi connectivity index (χ1v) is 7.31. The van der Waals surface area contributed by atoms with E-state index >= 15 is 0 Å². The molecular formula is C12H18N2O4S. The fourth-order valence-corrected chi connectivity index (χ4v) is 3.26. The van der Waals surface area contributed by atoms with Crippen LogP contribution in [0.2, 0.25) is 0 Å². The van der Waals surface area contributed by atoms with E-state index in [1.807, 2.05) is 0 Å². The number of nitrogens with zero attached hydrogens (tertiary/aromatic N) is 2. The summed E-state index contributed by atoms with van der Waals surface area (Å²) in [5, 5.41) is -0.880. The topological polar surface area (TPSA) is 66.9 Å². The number of thioether (sulfide) groups is 1. The molecule has 0 spiro atoms. The van der Waals surface area contributed by atoms with E-state index in [4.69, 9.17) is 0 Å². The van der Waals surface area contributed by atoms with Gasteiger partial charge < -0.3 is 4.74 Å². The Morgan fingerprint density at radius 1 is 1.32 bits per heavy atom. The number of esters is 1. The van der Waals surface area contributed by atoms with Crippen molar-refractivity contribution in [2.24, 2.45) is 0 Å². The van der Waals surface area contributed by atoms with Crippen LogP contribution in [0.1, 0.15) is 25.7 Å². The predicted molar refractivity (Wildman–Crippen MR) is 70.5 cm³/mol. The molecule has 2 amide bonds. The van der Waals surface area contributed by atoms with E-state index in [0.29, 0.717) is 6.67 Å². The van der Waals surface area contributed by atoms with Gasteiger partial charge in [-0.3, -0.25) is 24.2 Å². The number of carbonyl (C=O) groups excluding carboxylic acids is 3. The smallest absolute Gasteiger partial charge is 0.307 e. The minimum Gasteiger partial charge on any atom is -0.469 e. The highest BCUT2D eigenvalue weighted by Gasteiger charge is 2.41. The van der Waals surface area contributed by atoms with E-state index in [9.17, 15) is 14.4 Å². The highest BCUT2D eigenvalue weighted by Crippen LogP contribution is 2.29. The Balaban J connectivity index is 1.92. The first-order chi connectivity index (χ1) is 9.11. The van der Waals surface area contributed by atoms with Gasteiger partial charge in [-0.05, 0) is 25.9 Å². The number of likely N-dealkylation sites (tertiary alicyclic amines) is 1. The number of ether oxygens (including phenoxy) is 1. The van der Waals surface area contributed by atoms with Gasteiger partial charge in [0.25, 0.3) is 5.24 Å². The summed E-state index contributed by atoms with van der Waals surface area (Å²) < 4.78 is 4.54. The van der Waals surface area contributed by atoms with Gasteiger partial charge in [0.1, 0.15) is 5.25 Å². The minimum atomic E-state index is -0.621. The molecule has 0 radical (unpaired) electrons. The molecule has 2 aliphatic rings. The average Bonchev–Trinajstić information content (AvgIpc) is 2.67. The van der Waals surface area contributed by atoms with Crippen LogP contribution >= 0.6 is 11.8 Å². The Morgan fingerprint density at radius 3 is 2.63 bits per heavy atom. The second kappa shape index (κ2) is 6.38. The Hall–Kier alpha value is -1.08. The molecule has 2 saturated heterocycles. The molecule has 1 unspecified atom stereocenters. The van der Waals surface area contributed by atoms with Crippen LogP contribution in [0.5, 0.6) is 0 Å². The van der Waals surface area contributed by atoms with Crippen molar-refractivity contribution in [3.8, 4) is 0 Å².